The maximum Gasteiger partial charge on any atom is 0.230 e. The second-order valence-corrected chi connectivity index (χ2v) is 9.15. The molecule has 134 valence electrons. The minimum atomic E-state index is 0.0919. The van der Waals surface area contributed by atoms with Crippen LogP contribution in [0, 0.1) is 5.92 Å². The number of aryl methyl sites for hydroxylation is 1. The molecular formula is C18H24N4OS2. The molecule has 0 saturated heterocycles. The molecule has 7 heteroatoms. The SMILES string of the molecule is CC[C@@H]1CCc2sc(-c3nnc(SCC(=O)NC4CC4)n3C)cc2C1. The van der Waals surface area contributed by atoms with Gasteiger partial charge in [0.25, 0.3) is 0 Å². The molecule has 0 unspecified atom stereocenters. The van der Waals surface area contributed by atoms with Crippen molar-refractivity contribution in [1.82, 2.24) is 20.1 Å². The summed E-state index contributed by atoms with van der Waals surface area (Å²) < 4.78 is 2.02. The van der Waals surface area contributed by atoms with Gasteiger partial charge in [0.2, 0.25) is 5.91 Å². The minimum absolute atomic E-state index is 0.0919. The number of hydrogen-bond acceptors (Lipinski definition) is 5. The Labute approximate surface area is 156 Å². The highest BCUT2D eigenvalue weighted by Gasteiger charge is 2.24. The second-order valence-electron chi connectivity index (χ2n) is 7.07. The van der Waals surface area contributed by atoms with Gasteiger partial charge in [-0.3, -0.25) is 4.79 Å². The van der Waals surface area contributed by atoms with Crippen molar-refractivity contribution in [3.63, 3.8) is 0 Å². The Morgan fingerprint density at radius 1 is 1.40 bits per heavy atom. The largest absolute Gasteiger partial charge is 0.353 e. The quantitative estimate of drug-likeness (QED) is 0.785. The maximum absolute atomic E-state index is 11.9. The van der Waals surface area contributed by atoms with Gasteiger partial charge >= 0.3 is 0 Å². The smallest absolute Gasteiger partial charge is 0.230 e. The van der Waals surface area contributed by atoms with Gasteiger partial charge in [0.1, 0.15) is 0 Å². The van der Waals surface area contributed by atoms with Crippen LogP contribution in [0.4, 0.5) is 0 Å². The normalized spacial score (nSPS) is 19.7. The monoisotopic (exact) mass is 376 g/mol. The molecule has 0 bridgehead atoms. The summed E-state index contributed by atoms with van der Waals surface area (Å²) in [6, 6.07) is 2.72. The number of nitrogens with zero attached hydrogens (tertiary/aromatic N) is 3. The van der Waals surface area contributed by atoms with Gasteiger partial charge in [0, 0.05) is 18.0 Å². The van der Waals surface area contributed by atoms with E-state index in [-0.39, 0.29) is 5.91 Å². The first-order valence-corrected chi connectivity index (χ1v) is 10.9. The molecule has 2 aromatic rings. The highest BCUT2D eigenvalue weighted by atomic mass is 32.2. The fourth-order valence-electron chi connectivity index (χ4n) is 3.34. The van der Waals surface area contributed by atoms with Crippen LogP contribution in [-0.2, 0) is 24.7 Å². The summed E-state index contributed by atoms with van der Waals surface area (Å²) in [6.07, 6.45) is 7.19. The third kappa shape index (κ3) is 3.77. The Morgan fingerprint density at radius 3 is 3.00 bits per heavy atom. The van der Waals surface area contributed by atoms with E-state index < -0.39 is 0 Å². The van der Waals surface area contributed by atoms with Crippen molar-refractivity contribution < 1.29 is 4.79 Å². The lowest BCUT2D eigenvalue weighted by Crippen LogP contribution is -2.27. The van der Waals surface area contributed by atoms with E-state index in [0.29, 0.717) is 11.8 Å². The predicted molar refractivity (Wildman–Crippen MR) is 102 cm³/mol. The van der Waals surface area contributed by atoms with Crippen LogP contribution >= 0.6 is 23.1 Å². The first kappa shape index (κ1) is 17.1. The molecule has 1 fully saturated rings. The predicted octanol–water partition coefficient (Wildman–Crippen LogP) is 3.43. The number of hydrogen-bond donors (Lipinski definition) is 1. The van der Waals surface area contributed by atoms with Crippen molar-refractivity contribution >= 4 is 29.0 Å². The van der Waals surface area contributed by atoms with Crippen molar-refractivity contribution in [2.24, 2.45) is 13.0 Å². The second kappa shape index (κ2) is 7.11. The lowest BCUT2D eigenvalue weighted by molar-refractivity contribution is -0.118. The first-order chi connectivity index (χ1) is 12.1. The number of nitrogens with one attached hydrogen (secondary N) is 1. The van der Waals surface area contributed by atoms with E-state index >= 15 is 0 Å². The summed E-state index contributed by atoms with van der Waals surface area (Å²) in [6.45, 7) is 2.29. The molecule has 1 saturated carbocycles. The number of fused-ring (bicyclic) bond motifs is 1. The Morgan fingerprint density at radius 2 is 2.24 bits per heavy atom. The van der Waals surface area contributed by atoms with Crippen LogP contribution < -0.4 is 5.32 Å². The average Bonchev–Trinajstić information content (AvgIpc) is 3.19. The van der Waals surface area contributed by atoms with Crippen LogP contribution in [0.25, 0.3) is 10.7 Å². The summed E-state index contributed by atoms with van der Waals surface area (Å²) in [5, 5.41) is 12.5. The molecule has 2 aliphatic carbocycles. The van der Waals surface area contributed by atoms with Crippen LogP contribution in [0.5, 0.6) is 0 Å². The van der Waals surface area contributed by atoms with Gasteiger partial charge in [0.05, 0.1) is 10.6 Å². The Balaban J connectivity index is 1.45. The highest BCUT2D eigenvalue weighted by molar-refractivity contribution is 7.99. The highest BCUT2D eigenvalue weighted by Crippen LogP contribution is 2.38. The summed E-state index contributed by atoms with van der Waals surface area (Å²) >= 11 is 3.32. The van der Waals surface area contributed by atoms with E-state index in [1.165, 1.54) is 52.8 Å². The fraction of sp³-hybridized carbons (Fsp3) is 0.611. The lowest BCUT2D eigenvalue weighted by Gasteiger charge is -2.19. The third-order valence-corrected chi connectivity index (χ3v) is 7.35. The Hall–Kier alpha value is -1.34. The summed E-state index contributed by atoms with van der Waals surface area (Å²) in [5.41, 5.74) is 1.50. The zero-order valence-electron chi connectivity index (χ0n) is 14.7. The van der Waals surface area contributed by atoms with Gasteiger partial charge in [-0.1, -0.05) is 25.1 Å². The van der Waals surface area contributed by atoms with Crippen LogP contribution in [0.15, 0.2) is 11.2 Å². The zero-order chi connectivity index (χ0) is 17.4. The van der Waals surface area contributed by atoms with Gasteiger partial charge in [-0.25, -0.2) is 0 Å². The first-order valence-electron chi connectivity index (χ1n) is 9.07. The van der Waals surface area contributed by atoms with Gasteiger partial charge in [-0.15, -0.1) is 21.5 Å². The van der Waals surface area contributed by atoms with Crippen molar-refractivity contribution in [3.8, 4) is 10.7 Å². The molecule has 0 aromatic carbocycles. The number of carbonyl (C=O) groups excluding carboxylic acids is 1. The van der Waals surface area contributed by atoms with E-state index in [1.54, 1.807) is 0 Å². The molecule has 1 N–H and O–H groups in total. The van der Waals surface area contributed by atoms with Crippen LogP contribution in [-0.4, -0.2) is 32.5 Å². The molecule has 25 heavy (non-hydrogen) atoms. The molecule has 1 atom stereocenters. The number of amides is 1. The van der Waals surface area contributed by atoms with E-state index in [2.05, 4.69) is 28.5 Å². The number of thiophene rings is 1. The van der Waals surface area contributed by atoms with Gasteiger partial charge in [-0.2, -0.15) is 0 Å². The van der Waals surface area contributed by atoms with E-state index in [0.717, 1.165) is 29.7 Å². The lowest BCUT2D eigenvalue weighted by atomic mass is 9.87. The van der Waals surface area contributed by atoms with Crippen LogP contribution in [0.2, 0.25) is 0 Å². The van der Waals surface area contributed by atoms with Crippen molar-refractivity contribution in [2.75, 3.05) is 5.75 Å². The number of thioether (sulfide) groups is 1. The standard InChI is InChI=1S/C18H24N4OS2/c1-3-11-4-7-14-12(8-11)9-15(25-14)17-20-21-18(22(17)2)24-10-16(23)19-13-5-6-13/h9,11,13H,3-8,10H2,1-2H3,(H,19,23)/t11-/m1/s1. The van der Waals surface area contributed by atoms with Gasteiger partial charge < -0.3 is 9.88 Å². The number of rotatable bonds is 6. The molecule has 0 aliphatic heterocycles. The molecular weight excluding hydrogens is 352 g/mol. The summed E-state index contributed by atoms with van der Waals surface area (Å²) in [4.78, 5) is 14.6. The molecule has 1 amide bonds. The molecule has 2 heterocycles. The maximum atomic E-state index is 11.9. The van der Waals surface area contributed by atoms with Crippen molar-refractivity contribution in [1.29, 1.82) is 0 Å². The number of aromatic nitrogens is 3. The Bertz CT molecular complexity index is 778. The van der Waals surface area contributed by atoms with Gasteiger partial charge in [-0.05, 0) is 49.7 Å². The van der Waals surface area contributed by atoms with Crippen LogP contribution in [0.3, 0.4) is 0 Å². The number of carbonyl (C=O) groups is 1. The molecule has 5 nitrogen and oxygen atoms in total. The van der Waals surface area contributed by atoms with Crippen LogP contribution in [0.1, 0.15) is 43.0 Å². The molecule has 4 rings (SSSR count). The fourth-order valence-corrected chi connectivity index (χ4v) is 5.29. The topological polar surface area (TPSA) is 59.8 Å². The zero-order valence-corrected chi connectivity index (χ0v) is 16.4. The van der Waals surface area contributed by atoms with Gasteiger partial charge in [0.15, 0.2) is 11.0 Å². The molecule has 2 aliphatic rings. The molecule has 0 radical (unpaired) electrons. The van der Waals surface area contributed by atoms with E-state index in [4.69, 9.17) is 0 Å². The van der Waals surface area contributed by atoms with Crippen molar-refractivity contribution in [2.45, 2.75) is 56.6 Å². The van der Waals surface area contributed by atoms with E-state index in [9.17, 15) is 4.79 Å². The minimum Gasteiger partial charge on any atom is -0.353 e. The summed E-state index contributed by atoms with van der Waals surface area (Å²) in [5.74, 6) is 2.24. The third-order valence-electron chi connectivity index (χ3n) is 5.09. The Kier molecular flexibility index (Phi) is 4.86. The molecule has 2 aromatic heterocycles. The average molecular weight is 377 g/mol. The van der Waals surface area contributed by atoms with Crippen molar-refractivity contribution in [3.05, 3.63) is 16.5 Å². The summed E-state index contributed by atoms with van der Waals surface area (Å²) in [7, 11) is 1.99. The van der Waals surface area contributed by atoms with E-state index in [1.807, 2.05) is 23.0 Å². The molecule has 0 spiro atoms.